The highest BCUT2D eigenvalue weighted by Gasteiger charge is 2.54. The van der Waals surface area contributed by atoms with Crippen molar-refractivity contribution in [1.29, 1.82) is 0 Å². The van der Waals surface area contributed by atoms with Crippen LogP contribution in [0.25, 0.3) is 22.3 Å². The minimum atomic E-state index is -0.414. The normalized spacial score (nSPS) is 19.1. The van der Waals surface area contributed by atoms with E-state index in [1.807, 2.05) is 0 Å². The van der Waals surface area contributed by atoms with E-state index in [1.54, 1.807) is 0 Å². The zero-order valence-electron chi connectivity index (χ0n) is 39.9. The van der Waals surface area contributed by atoms with Gasteiger partial charge in [0, 0.05) is 19.8 Å². The van der Waals surface area contributed by atoms with Gasteiger partial charge in [0.1, 0.15) is 0 Å². The Balaban J connectivity index is 0.000000214. The first-order valence-electron chi connectivity index (χ1n) is 22.6. The first-order chi connectivity index (χ1) is 29.8. The zero-order valence-corrected chi connectivity index (χ0v) is 43.1. The van der Waals surface area contributed by atoms with E-state index < -0.39 is 36.6 Å². The Hall–Kier alpha value is -3.75. The molecule has 4 aliphatic rings. The van der Waals surface area contributed by atoms with Crippen LogP contribution in [0.1, 0.15) is 140 Å². The van der Waals surface area contributed by atoms with Gasteiger partial charge in [-0.25, -0.2) is 0 Å². The summed E-state index contributed by atoms with van der Waals surface area (Å²) in [4.78, 5) is 0. The average Bonchev–Trinajstić information content (AvgIpc) is 3.79. The van der Waals surface area contributed by atoms with Crippen molar-refractivity contribution < 1.29 is 18.6 Å². The Morgan fingerprint density at radius 2 is 0.606 bits per heavy atom. The molecule has 0 amide bonds. The highest BCUT2D eigenvalue weighted by Crippen LogP contribution is 2.55. The van der Waals surface area contributed by atoms with Crippen LogP contribution < -0.4 is 10.9 Å². The fourth-order valence-electron chi connectivity index (χ4n) is 10.4. The van der Waals surface area contributed by atoms with Gasteiger partial charge in [0.25, 0.3) is 0 Å². The van der Waals surface area contributed by atoms with E-state index in [4.69, 9.17) is 18.6 Å². The van der Waals surface area contributed by atoms with Gasteiger partial charge in [-0.15, -0.1) is 0 Å². The van der Waals surface area contributed by atoms with Crippen LogP contribution in [0.15, 0.2) is 118 Å². The zero-order chi connectivity index (χ0) is 46.1. The topological polar surface area (TPSA) is 36.9 Å². The Labute approximate surface area is 414 Å². The summed E-state index contributed by atoms with van der Waals surface area (Å²) in [5.41, 5.74) is 18.2. The van der Waals surface area contributed by atoms with E-state index in [1.165, 1.54) is 77.9 Å². The van der Waals surface area contributed by atoms with Crippen molar-refractivity contribution in [1.82, 2.24) is 0 Å². The summed E-state index contributed by atoms with van der Waals surface area (Å²) >= 11 is 7.34. The maximum absolute atomic E-state index is 6.47. The molecule has 10 rings (SSSR count). The Morgan fingerprint density at radius 3 is 0.894 bits per heavy atom. The predicted molar refractivity (Wildman–Crippen MR) is 287 cm³/mol. The fourth-order valence-corrected chi connectivity index (χ4v) is 11.2. The van der Waals surface area contributed by atoms with Crippen LogP contribution in [0.4, 0.5) is 0 Å². The van der Waals surface area contributed by atoms with Crippen molar-refractivity contribution in [2.24, 2.45) is 0 Å². The molecule has 6 aromatic carbocycles. The van der Waals surface area contributed by atoms with Gasteiger partial charge in [0.2, 0.25) is 0 Å². The van der Waals surface area contributed by atoms with Gasteiger partial charge in [-0.05, 0) is 188 Å². The molecule has 2 aliphatic heterocycles. The van der Waals surface area contributed by atoms with Crippen molar-refractivity contribution in [3.8, 4) is 22.3 Å². The molecule has 4 nitrogen and oxygen atoms in total. The fraction of sp³-hybridized carbons (Fsp3) is 0.379. The first-order valence-corrected chi connectivity index (χ1v) is 24.2. The van der Waals surface area contributed by atoms with E-state index in [9.17, 15) is 0 Å². The number of fused-ring (bicyclic) bond motifs is 6. The van der Waals surface area contributed by atoms with Crippen LogP contribution in [0, 0.1) is 27.7 Å². The van der Waals surface area contributed by atoms with Gasteiger partial charge in [0.05, 0.1) is 22.4 Å². The molecule has 66 heavy (non-hydrogen) atoms. The molecule has 8 heteroatoms. The van der Waals surface area contributed by atoms with Gasteiger partial charge in [-0.2, -0.15) is 0 Å². The van der Waals surface area contributed by atoms with Crippen LogP contribution in [0.2, 0.25) is 0 Å². The highest BCUT2D eigenvalue weighted by atomic mass is 79.9. The Kier molecular flexibility index (Phi) is 12.9. The lowest BCUT2D eigenvalue weighted by atomic mass is 9.69. The smallest absolute Gasteiger partial charge is 0.399 e. The van der Waals surface area contributed by atoms with Crippen molar-refractivity contribution in [3.05, 3.63) is 174 Å². The standard InChI is InChI=1S/C34H42B2O4.C22H18Br2.2CH4/c1-21-16-22(2)18-23(17-21)34(11)28-19-24(35-37-30(3,4)31(5,6)38-35)12-14-26(28)27-15-13-25(20-29(27)34)36-39-32(7,8)33(9,10)40-36;1-13-8-14(2)10-15(9-13)22(3)20-11-16(23)4-6-18(20)19-7-5-17(24)12-21(19)22;;/h12-20H,1-11H3;4-12H,1-3H3;2*1H4. The number of halogens is 2. The molecule has 0 atom stereocenters. The van der Waals surface area contributed by atoms with Crippen LogP contribution >= 0.6 is 31.9 Å². The Morgan fingerprint density at radius 1 is 0.348 bits per heavy atom. The summed E-state index contributed by atoms with van der Waals surface area (Å²) < 4.78 is 28.1. The van der Waals surface area contributed by atoms with E-state index in [2.05, 4.69) is 238 Å². The predicted octanol–water partition coefficient (Wildman–Crippen LogP) is 14.7. The summed E-state index contributed by atoms with van der Waals surface area (Å²) in [6, 6.07) is 40.5. The third-order valence-corrected chi connectivity index (χ3v) is 16.4. The van der Waals surface area contributed by atoms with Crippen molar-refractivity contribution in [2.45, 2.75) is 145 Å². The monoisotopic (exact) mass is 1010 g/mol. The second kappa shape index (κ2) is 17.0. The summed E-state index contributed by atoms with van der Waals surface area (Å²) in [6.07, 6.45) is 0. The molecular formula is C58H68B2Br2O4. The number of hydrogen-bond acceptors (Lipinski definition) is 4. The molecule has 0 spiro atoms. The molecule has 0 N–H and O–H groups in total. The molecule has 0 unspecified atom stereocenters. The lowest BCUT2D eigenvalue weighted by Gasteiger charge is -2.32. The van der Waals surface area contributed by atoms with Gasteiger partial charge < -0.3 is 18.6 Å². The SMILES string of the molecule is C.C.Cc1cc(C)cc(C2(C)c3cc(B4OC(C)(C)C(C)(C)O4)ccc3-c3ccc(B4OC(C)(C)C(C)(C)O4)cc32)c1.Cc1cc(C)cc(C2(C)c3cc(Br)ccc3-c3ccc(Br)cc32)c1. The summed E-state index contributed by atoms with van der Waals surface area (Å²) in [6.45, 7) is 30.3. The van der Waals surface area contributed by atoms with Gasteiger partial charge >= 0.3 is 14.2 Å². The maximum Gasteiger partial charge on any atom is 0.494 e. The molecule has 2 aliphatic carbocycles. The highest BCUT2D eigenvalue weighted by molar-refractivity contribution is 9.10. The van der Waals surface area contributed by atoms with Crippen LogP contribution in [0.5, 0.6) is 0 Å². The molecule has 0 radical (unpaired) electrons. The molecule has 0 bridgehead atoms. The second-order valence-corrected chi connectivity index (χ2v) is 23.0. The van der Waals surface area contributed by atoms with Crippen molar-refractivity contribution >= 4 is 57.0 Å². The number of rotatable bonds is 4. The van der Waals surface area contributed by atoms with Crippen molar-refractivity contribution in [2.75, 3.05) is 0 Å². The third-order valence-electron chi connectivity index (χ3n) is 15.4. The number of aryl methyl sites for hydroxylation is 4. The largest absolute Gasteiger partial charge is 0.494 e. The molecule has 0 saturated carbocycles. The molecule has 2 fully saturated rings. The van der Waals surface area contributed by atoms with Crippen LogP contribution in [-0.4, -0.2) is 36.6 Å². The van der Waals surface area contributed by atoms with E-state index >= 15 is 0 Å². The maximum atomic E-state index is 6.47. The van der Waals surface area contributed by atoms with E-state index in [0.717, 1.165) is 19.9 Å². The molecule has 2 saturated heterocycles. The average molecular weight is 1010 g/mol. The summed E-state index contributed by atoms with van der Waals surface area (Å²) in [7, 11) is -0.828. The van der Waals surface area contributed by atoms with Crippen LogP contribution in [-0.2, 0) is 29.4 Å². The lowest BCUT2D eigenvalue weighted by molar-refractivity contribution is 0.00578. The van der Waals surface area contributed by atoms with E-state index in [0.29, 0.717) is 0 Å². The second-order valence-electron chi connectivity index (χ2n) is 21.2. The minimum absolute atomic E-state index is 0. The quantitative estimate of drug-likeness (QED) is 0.165. The van der Waals surface area contributed by atoms with E-state index in [-0.39, 0.29) is 25.7 Å². The Bertz CT molecular complexity index is 2670. The number of benzene rings is 6. The molecule has 344 valence electrons. The minimum Gasteiger partial charge on any atom is -0.399 e. The molecule has 2 heterocycles. The number of hydrogen-bond donors (Lipinski definition) is 0. The van der Waals surface area contributed by atoms with Gasteiger partial charge in [0.15, 0.2) is 0 Å². The van der Waals surface area contributed by atoms with Gasteiger partial charge in [-0.3, -0.25) is 0 Å². The first kappa shape index (κ1) is 50.1. The molecular weight excluding hydrogens is 942 g/mol. The molecule has 6 aromatic rings. The molecule has 0 aromatic heterocycles. The summed E-state index contributed by atoms with van der Waals surface area (Å²) in [5, 5.41) is 0. The van der Waals surface area contributed by atoms with Crippen molar-refractivity contribution in [3.63, 3.8) is 0 Å². The third kappa shape index (κ3) is 8.03. The van der Waals surface area contributed by atoms with Crippen LogP contribution in [0.3, 0.4) is 0 Å². The van der Waals surface area contributed by atoms with Gasteiger partial charge in [-0.1, -0.05) is 154 Å². The lowest BCUT2D eigenvalue weighted by Crippen LogP contribution is -2.41. The summed E-state index contributed by atoms with van der Waals surface area (Å²) in [5.74, 6) is 0.